The molecule has 1 rings (SSSR count). The van der Waals surface area contributed by atoms with Crippen LogP contribution in [-0.2, 0) is 20.9 Å². The lowest BCUT2D eigenvalue weighted by Crippen LogP contribution is -2.08. The van der Waals surface area contributed by atoms with Crippen LogP contribution in [0.1, 0.15) is 18.9 Å². The molecule has 0 N–H and O–H groups in total. The normalized spacial score (nSPS) is 9.73. The van der Waals surface area contributed by atoms with E-state index in [1.165, 1.54) is 13.1 Å². The van der Waals surface area contributed by atoms with E-state index in [1.807, 2.05) is 0 Å². The lowest BCUT2D eigenvalue weighted by Gasteiger charge is -2.03. The molecule has 1 aromatic rings. The van der Waals surface area contributed by atoms with Gasteiger partial charge in [0.1, 0.15) is 18.8 Å². The number of nitrogens with zero attached hydrogens (tertiary/aromatic N) is 1. The fraction of sp³-hybridized carbons (Fsp3) is 0.300. The fourth-order valence-electron chi connectivity index (χ4n) is 0.953. The molecule has 80 valence electrons. The standard InChI is InChI=1S/C10H10ClNO3/c1-7(13)2-10(14)15-6-8-3-9(11)5-12-4-8/h3-5H,2,6H2,1H3. The quantitative estimate of drug-likeness (QED) is 0.581. The predicted octanol–water partition coefficient (Wildman–Crippen LogP) is 1.76. The van der Waals surface area contributed by atoms with Crippen LogP contribution in [0.2, 0.25) is 5.02 Å². The Hall–Kier alpha value is -1.42. The third-order valence-corrected chi connectivity index (χ3v) is 1.76. The van der Waals surface area contributed by atoms with E-state index in [1.54, 1.807) is 12.3 Å². The van der Waals surface area contributed by atoms with Crippen molar-refractivity contribution in [3.05, 3.63) is 29.0 Å². The second-order valence-electron chi connectivity index (χ2n) is 3.05. The van der Waals surface area contributed by atoms with Crippen LogP contribution in [0, 0.1) is 0 Å². The van der Waals surface area contributed by atoms with E-state index in [0.717, 1.165) is 0 Å². The lowest BCUT2D eigenvalue weighted by molar-refractivity contribution is -0.146. The number of esters is 1. The number of ketones is 1. The predicted molar refractivity (Wildman–Crippen MR) is 54.3 cm³/mol. The monoisotopic (exact) mass is 227 g/mol. The molecule has 5 heteroatoms. The van der Waals surface area contributed by atoms with Crippen LogP contribution in [0.4, 0.5) is 0 Å². The molecule has 4 nitrogen and oxygen atoms in total. The number of carbonyl (C=O) groups is 2. The molecule has 0 saturated carbocycles. The van der Waals surface area contributed by atoms with Crippen molar-refractivity contribution >= 4 is 23.4 Å². The molecule has 0 saturated heterocycles. The van der Waals surface area contributed by atoms with Gasteiger partial charge in [-0.3, -0.25) is 14.6 Å². The Labute approximate surface area is 92.2 Å². The smallest absolute Gasteiger partial charge is 0.313 e. The molecule has 0 amide bonds. The highest BCUT2D eigenvalue weighted by Crippen LogP contribution is 2.09. The maximum absolute atomic E-state index is 11.0. The number of hydrogen-bond acceptors (Lipinski definition) is 4. The second-order valence-corrected chi connectivity index (χ2v) is 3.49. The molecule has 0 unspecified atom stereocenters. The molecular weight excluding hydrogens is 218 g/mol. The average Bonchev–Trinajstić information content (AvgIpc) is 2.14. The van der Waals surface area contributed by atoms with Crippen molar-refractivity contribution in [3.8, 4) is 0 Å². The number of pyridine rings is 1. The molecule has 0 aliphatic rings. The fourth-order valence-corrected chi connectivity index (χ4v) is 1.15. The van der Waals surface area contributed by atoms with E-state index >= 15 is 0 Å². The highest BCUT2D eigenvalue weighted by molar-refractivity contribution is 6.30. The minimum Gasteiger partial charge on any atom is -0.460 e. The summed E-state index contributed by atoms with van der Waals surface area (Å²) in [5.74, 6) is -0.758. The van der Waals surface area contributed by atoms with Crippen LogP contribution in [0.15, 0.2) is 18.5 Å². The van der Waals surface area contributed by atoms with Gasteiger partial charge >= 0.3 is 5.97 Å². The summed E-state index contributed by atoms with van der Waals surface area (Å²) in [5, 5.41) is 0.482. The van der Waals surface area contributed by atoms with Crippen LogP contribution >= 0.6 is 11.6 Å². The van der Waals surface area contributed by atoms with Crippen molar-refractivity contribution in [1.29, 1.82) is 0 Å². The van der Waals surface area contributed by atoms with Gasteiger partial charge in [0, 0.05) is 18.0 Å². The SMILES string of the molecule is CC(=O)CC(=O)OCc1cncc(Cl)c1. The average molecular weight is 228 g/mol. The first-order valence-electron chi connectivity index (χ1n) is 4.32. The van der Waals surface area contributed by atoms with E-state index in [-0.39, 0.29) is 18.8 Å². The Kier molecular flexibility index (Phi) is 4.24. The Morgan fingerprint density at radius 1 is 1.47 bits per heavy atom. The minimum absolute atomic E-state index is 0.0830. The first-order valence-corrected chi connectivity index (χ1v) is 4.70. The summed E-state index contributed by atoms with van der Waals surface area (Å²) in [6.45, 7) is 1.42. The van der Waals surface area contributed by atoms with Crippen molar-refractivity contribution in [2.45, 2.75) is 20.0 Å². The molecule has 0 fully saturated rings. The molecule has 15 heavy (non-hydrogen) atoms. The van der Waals surface area contributed by atoms with Crippen molar-refractivity contribution in [1.82, 2.24) is 4.98 Å². The van der Waals surface area contributed by atoms with Gasteiger partial charge < -0.3 is 4.74 Å². The molecular formula is C10H10ClNO3. The van der Waals surface area contributed by atoms with Gasteiger partial charge in [-0.25, -0.2) is 0 Å². The van der Waals surface area contributed by atoms with Crippen LogP contribution in [0.25, 0.3) is 0 Å². The molecule has 0 bridgehead atoms. The number of carbonyl (C=O) groups excluding carboxylic acids is 2. The Bertz CT molecular complexity index is 379. The molecule has 0 aromatic carbocycles. The van der Waals surface area contributed by atoms with Gasteiger partial charge in [0.2, 0.25) is 0 Å². The second kappa shape index (κ2) is 5.46. The first-order chi connectivity index (χ1) is 7.08. The molecule has 1 aromatic heterocycles. The third-order valence-electron chi connectivity index (χ3n) is 1.55. The number of Topliss-reactive ketones (excluding diaryl/α,β-unsaturated/α-hetero) is 1. The van der Waals surface area contributed by atoms with E-state index in [9.17, 15) is 9.59 Å². The van der Waals surface area contributed by atoms with Gasteiger partial charge in [0.05, 0.1) is 5.02 Å². The first kappa shape index (κ1) is 11.7. The van der Waals surface area contributed by atoms with Crippen molar-refractivity contribution in [3.63, 3.8) is 0 Å². The zero-order valence-corrected chi connectivity index (χ0v) is 8.95. The Morgan fingerprint density at radius 3 is 2.80 bits per heavy atom. The number of rotatable bonds is 4. The van der Waals surface area contributed by atoms with Gasteiger partial charge in [0.25, 0.3) is 0 Å². The molecule has 0 aliphatic heterocycles. The number of hydrogen-bond donors (Lipinski definition) is 0. The van der Waals surface area contributed by atoms with Crippen molar-refractivity contribution in [2.24, 2.45) is 0 Å². The van der Waals surface area contributed by atoms with Crippen molar-refractivity contribution in [2.75, 3.05) is 0 Å². The lowest BCUT2D eigenvalue weighted by atomic mass is 10.3. The summed E-state index contributed by atoms with van der Waals surface area (Å²) in [6.07, 6.45) is 2.84. The number of aromatic nitrogens is 1. The Balaban J connectivity index is 2.43. The van der Waals surface area contributed by atoms with E-state index < -0.39 is 5.97 Å². The van der Waals surface area contributed by atoms with E-state index in [2.05, 4.69) is 4.98 Å². The van der Waals surface area contributed by atoms with Crippen LogP contribution in [-0.4, -0.2) is 16.7 Å². The molecule has 0 aliphatic carbocycles. The van der Waals surface area contributed by atoms with E-state index in [4.69, 9.17) is 16.3 Å². The summed E-state index contributed by atoms with van der Waals surface area (Å²) in [4.78, 5) is 25.4. The maximum atomic E-state index is 11.0. The van der Waals surface area contributed by atoms with Crippen LogP contribution in [0.5, 0.6) is 0 Å². The molecule has 1 heterocycles. The molecule has 0 spiro atoms. The van der Waals surface area contributed by atoms with Crippen LogP contribution in [0.3, 0.4) is 0 Å². The van der Waals surface area contributed by atoms with Gasteiger partial charge in [-0.15, -0.1) is 0 Å². The van der Waals surface area contributed by atoms with E-state index in [0.29, 0.717) is 10.6 Å². The third kappa shape index (κ3) is 4.56. The number of ether oxygens (including phenoxy) is 1. The van der Waals surface area contributed by atoms with Gasteiger partial charge in [-0.05, 0) is 13.0 Å². The summed E-state index contributed by atoms with van der Waals surface area (Å²) in [6, 6.07) is 1.65. The summed E-state index contributed by atoms with van der Waals surface area (Å²) < 4.78 is 4.84. The zero-order chi connectivity index (χ0) is 11.3. The number of halogens is 1. The largest absolute Gasteiger partial charge is 0.460 e. The maximum Gasteiger partial charge on any atom is 0.313 e. The summed E-state index contributed by atoms with van der Waals surface area (Å²) in [7, 11) is 0. The molecule has 0 radical (unpaired) electrons. The van der Waals surface area contributed by atoms with Gasteiger partial charge in [-0.1, -0.05) is 11.6 Å². The summed E-state index contributed by atoms with van der Waals surface area (Å²) in [5.41, 5.74) is 0.694. The minimum atomic E-state index is -0.539. The summed E-state index contributed by atoms with van der Waals surface area (Å²) >= 11 is 5.69. The van der Waals surface area contributed by atoms with Crippen molar-refractivity contribution < 1.29 is 14.3 Å². The zero-order valence-electron chi connectivity index (χ0n) is 8.20. The highest BCUT2D eigenvalue weighted by Gasteiger charge is 2.06. The Morgan fingerprint density at radius 2 is 2.20 bits per heavy atom. The van der Waals surface area contributed by atoms with Gasteiger partial charge in [-0.2, -0.15) is 0 Å². The van der Waals surface area contributed by atoms with Crippen LogP contribution < -0.4 is 0 Å². The highest BCUT2D eigenvalue weighted by atomic mass is 35.5. The molecule has 0 atom stereocenters. The topological polar surface area (TPSA) is 56.3 Å². The van der Waals surface area contributed by atoms with Gasteiger partial charge in [0.15, 0.2) is 0 Å².